The number of aromatic nitrogens is 2. The Morgan fingerprint density at radius 3 is 3.00 bits per heavy atom. The molecule has 3 nitrogen and oxygen atoms in total. The lowest BCUT2D eigenvalue weighted by Gasteiger charge is -1.88. The highest BCUT2D eigenvalue weighted by atomic mass is 32.1. The second kappa shape index (κ2) is 2.20. The molecule has 2 heterocycles. The van der Waals surface area contributed by atoms with E-state index in [0.717, 1.165) is 10.3 Å². The van der Waals surface area contributed by atoms with Gasteiger partial charge in [0, 0.05) is 0 Å². The molecule has 0 bridgehead atoms. The van der Waals surface area contributed by atoms with Crippen molar-refractivity contribution >= 4 is 40.3 Å². The van der Waals surface area contributed by atoms with E-state index in [9.17, 15) is 0 Å². The molecular formula is C6H4BN3S. The normalized spacial score (nSPS) is 10.5. The van der Waals surface area contributed by atoms with Gasteiger partial charge < -0.3 is 5.73 Å². The highest BCUT2D eigenvalue weighted by Gasteiger charge is 2.00. The zero-order valence-corrected chi connectivity index (χ0v) is 6.43. The first-order valence-corrected chi connectivity index (χ1v) is 3.86. The summed E-state index contributed by atoms with van der Waals surface area (Å²) in [6.07, 6.45) is 0. The molecule has 0 aromatic carbocycles. The number of nitrogen functional groups attached to an aromatic ring is 1. The van der Waals surface area contributed by atoms with Gasteiger partial charge in [0.1, 0.15) is 18.2 Å². The molecule has 2 aromatic heterocycles. The summed E-state index contributed by atoms with van der Waals surface area (Å²) in [5.41, 5.74) is 6.78. The Balaban J connectivity index is 2.82. The summed E-state index contributed by atoms with van der Waals surface area (Å²) in [6, 6.07) is 3.52. The lowest BCUT2D eigenvalue weighted by atomic mass is 10.0. The van der Waals surface area contributed by atoms with Gasteiger partial charge in [0.2, 0.25) is 0 Å². The Labute approximate surface area is 68.7 Å². The van der Waals surface area contributed by atoms with Crippen LogP contribution in [0.2, 0.25) is 0 Å². The monoisotopic (exact) mass is 161 g/mol. The number of pyridine rings is 1. The fourth-order valence-corrected chi connectivity index (χ4v) is 1.56. The van der Waals surface area contributed by atoms with E-state index in [1.54, 1.807) is 6.07 Å². The van der Waals surface area contributed by atoms with Crippen LogP contribution in [0, 0.1) is 0 Å². The summed E-state index contributed by atoms with van der Waals surface area (Å²) in [6.45, 7) is 0. The van der Waals surface area contributed by atoms with Gasteiger partial charge >= 0.3 is 0 Å². The molecule has 2 rings (SSSR count). The molecule has 11 heavy (non-hydrogen) atoms. The summed E-state index contributed by atoms with van der Waals surface area (Å²) in [5, 5.41) is 0.526. The van der Waals surface area contributed by atoms with Crippen molar-refractivity contribution in [2.75, 3.05) is 5.73 Å². The van der Waals surface area contributed by atoms with Crippen molar-refractivity contribution in [3.05, 3.63) is 12.1 Å². The fourth-order valence-electron chi connectivity index (χ4n) is 0.848. The van der Waals surface area contributed by atoms with Gasteiger partial charge in [-0.25, -0.2) is 4.98 Å². The molecular weight excluding hydrogens is 157 g/mol. The highest BCUT2D eigenvalue weighted by molar-refractivity contribution is 7.21. The smallest absolute Gasteiger partial charge is 0.182 e. The SMILES string of the molecule is [B]c1ccc2nc(N)sc2n1. The number of fused-ring (bicyclic) bond motifs is 1. The molecule has 2 radical (unpaired) electrons. The number of hydrogen-bond acceptors (Lipinski definition) is 4. The van der Waals surface area contributed by atoms with E-state index in [1.165, 1.54) is 11.3 Å². The van der Waals surface area contributed by atoms with E-state index in [0.29, 0.717) is 10.7 Å². The van der Waals surface area contributed by atoms with Crippen LogP contribution in [0.4, 0.5) is 5.13 Å². The third-order valence-corrected chi connectivity index (χ3v) is 2.09. The summed E-state index contributed by atoms with van der Waals surface area (Å²) >= 11 is 1.34. The standard InChI is InChI=1S/C6H4BN3S/c7-4-2-1-3-5(10-4)11-6(8)9-3/h1-2H,(H2,8,9). The molecule has 5 heteroatoms. The van der Waals surface area contributed by atoms with Crippen molar-refractivity contribution in [2.45, 2.75) is 0 Å². The number of hydrogen-bond donors (Lipinski definition) is 1. The van der Waals surface area contributed by atoms with Gasteiger partial charge in [0.05, 0.1) is 0 Å². The third-order valence-electron chi connectivity index (χ3n) is 1.29. The minimum atomic E-state index is 0.501. The molecule has 0 atom stereocenters. The maximum Gasteiger partial charge on any atom is 0.182 e. The van der Waals surface area contributed by atoms with E-state index >= 15 is 0 Å². The molecule has 0 spiro atoms. The first-order chi connectivity index (χ1) is 5.25. The lowest BCUT2D eigenvalue weighted by molar-refractivity contribution is 1.45. The number of thiazole rings is 1. The van der Waals surface area contributed by atoms with Crippen LogP contribution in [0.3, 0.4) is 0 Å². The van der Waals surface area contributed by atoms with Crippen molar-refractivity contribution < 1.29 is 0 Å². The molecule has 52 valence electrons. The third kappa shape index (κ3) is 1.07. The van der Waals surface area contributed by atoms with Gasteiger partial charge in [-0.2, -0.15) is 0 Å². The average Bonchev–Trinajstić information content (AvgIpc) is 2.27. The second-order valence-electron chi connectivity index (χ2n) is 2.11. The second-order valence-corrected chi connectivity index (χ2v) is 3.12. The zero-order chi connectivity index (χ0) is 7.84. The van der Waals surface area contributed by atoms with Crippen molar-refractivity contribution in [2.24, 2.45) is 0 Å². The molecule has 0 saturated heterocycles. The Hall–Kier alpha value is -1.10. The Morgan fingerprint density at radius 2 is 2.18 bits per heavy atom. The summed E-state index contributed by atoms with van der Waals surface area (Å²) in [4.78, 5) is 8.88. The summed E-state index contributed by atoms with van der Waals surface area (Å²) in [5.74, 6) is 0. The van der Waals surface area contributed by atoms with E-state index in [1.807, 2.05) is 6.07 Å². The minimum Gasteiger partial charge on any atom is -0.375 e. The number of nitrogens with zero attached hydrogens (tertiary/aromatic N) is 2. The van der Waals surface area contributed by atoms with Crippen LogP contribution < -0.4 is 11.3 Å². The first kappa shape index (κ1) is 6.60. The largest absolute Gasteiger partial charge is 0.375 e. The zero-order valence-electron chi connectivity index (χ0n) is 5.61. The number of anilines is 1. The molecule has 0 aliphatic carbocycles. The first-order valence-electron chi connectivity index (χ1n) is 3.04. The summed E-state index contributed by atoms with van der Waals surface area (Å²) < 4.78 is 0. The topological polar surface area (TPSA) is 51.8 Å². The van der Waals surface area contributed by atoms with Gasteiger partial charge in [0.25, 0.3) is 0 Å². The number of rotatable bonds is 0. The Bertz CT molecular complexity index is 398. The van der Waals surface area contributed by atoms with Crippen LogP contribution in [-0.2, 0) is 0 Å². The minimum absolute atomic E-state index is 0.501. The maximum absolute atomic E-state index is 5.47. The van der Waals surface area contributed by atoms with Crippen molar-refractivity contribution in [1.82, 2.24) is 9.97 Å². The molecule has 2 aromatic rings. The van der Waals surface area contributed by atoms with Crippen molar-refractivity contribution in [1.29, 1.82) is 0 Å². The highest BCUT2D eigenvalue weighted by Crippen LogP contribution is 2.19. The van der Waals surface area contributed by atoms with Gasteiger partial charge in [-0.05, 0) is 17.7 Å². The van der Waals surface area contributed by atoms with Crippen LogP contribution >= 0.6 is 11.3 Å². The molecule has 0 aliphatic heterocycles. The van der Waals surface area contributed by atoms with Crippen molar-refractivity contribution in [3.63, 3.8) is 0 Å². The molecule has 0 amide bonds. The predicted molar refractivity (Wildman–Crippen MR) is 47.2 cm³/mol. The Kier molecular flexibility index (Phi) is 1.32. The lowest BCUT2D eigenvalue weighted by Crippen LogP contribution is -2.05. The van der Waals surface area contributed by atoms with Gasteiger partial charge in [-0.1, -0.05) is 11.3 Å². The van der Waals surface area contributed by atoms with Crippen LogP contribution in [-0.4, -0.2) is 17.8 Å². The van der Waals surface area contributed by atoms with Crippen LogP contribution in [0.25, 0.3) is 10.3 Å². The van der Waals surface area contributed by atoms with Gasteiger partial charge in [0.15, 0.2) is 5.13 Å². The average molecular weight is 161 g/mol. The van der Waals surface area contributed by atoms with E-state index in [2.05, 4.69) is 9.97 Å². The van der Waals surface area contributed by atoms with Gasteiger partial charge in [-0.3, -0.25) is 4.98 Å². The molecule has 0 saturated carbocycles. The van der Waals surface area contributed by atoms with Crippen molar-refractivity contribution in [3.8, 4) is 0 Å². The maximum atomic E-state index is 5.47. The molecule has 0 aliphatic rings. The molecule has 0 fully saturated rings. The van der Waals surface area contributed by atoms with Crippen LogP contribution in [0.1, 0.15) is 0 Å². The van der Waals surface area contributed by atoms with E-state index in [-0.39, 0.29) is 0 Å². The molecule has 2 N–H and O–H groups in total. The fraction of sp³-hybridized carbons (Fsp3) is 0. The van der Waals surface area contributed by atoms with E-state index < -0.39 is 0 Å². The Morgan fingerprint density at radius 1 is 1.36 bits per heavy atom. The quantitative estimate of drug-likeness (QED) is 0.556. The summed E-state index contributed by atoms with van der Waals surface area (Å²) in [7, 11) is 5.46. The number of nitrogens with two attached hydrogens (primary N) is 1. The van der Waals surface area contributed by atoms with Gasteiger partial charge in [-0.15, -0.1) is 0 Å². The predicted octanol–water partition coefficient (Wildman–Crippen LogP) is 0.0673. The van der Waals surface area contributed by atoms with Crippen LogP contribution in [0.15, 0.2) is 12.1 Å². The van der Waals surface area contributed by atoms with E-state index in [4.69, 9.17) is 13.6 Å². The molecule has 0 unspecified atom stereocenters. The van der Waals surface area contributed by atoms with Crippen LogP contribution in [0.5, 0.6) is 0 Å².